The highest BCUT2D eigenvalue weighted by Crippen LogP contribution is 2.15. The Labute approximate surface area is 100 Å². The SMILES string of the molecule is O=C(O)CCOc1cc(C(=O)O)nc(C(=O)O)c1. The van der Waals surface area contributed by atoms with Gasteiger partial charge < -0.3 is 20.1 Å². The molecular weight excluding hydrogens is 246 g/mol. The third-order valence-corrected chi connectivity index (χ3v) is 1.82. The molecule has 0 amide bonds. The first-order valence-corrected chi connectivity index (χ1v) is 4.73. The van der Waals surface area contributed by atoms with E-state index in [0.717, 1.165) is 12.1 Å². The molecule has 8 heteroatoms. The van der Waals surface area contributed by atoms with Gasteiger partial charge in [0.1, 0.15) is 5.75 Å². The van der Waals surface area contributed by atoms with Crippen LogP contribution in [0.1, 0.15) is 27.4 Å². The largest absolute Gasteiger partial charge is 0.493 e. The van der Waals surface area contributed by atoms with Crippen molar-refractivity contribution in [2.24, 2.45) is 0 Å². The third-order valence-electron chi connectivity index (χ3n) is 1.82. The zero-order valence-corrected chi connectivity index (χ0v) is 8.99. The quantitative estimate of drug-likeness (QED) is 0.662. The second-order valence-electron chi connectivity index (χ2n) is 3.18. The van der Waals surface area contributed by atoms with Crippen molar-refractivity contribution in [1.29, 1.82) is 0 Å². The number of nitrogens with zero attached hydrogens (tertiary/aromatic N) is 1. The van der Waals surface area contributed by atoms with Crippen LogP contribution in [-0.2, 0) is 4.79 Å². The van der Waals surface area contributed by atoms with Gasteiger partial charge in [0.25, 0.3) is 0 Å². The van der Waals surface area contributed by atoms with Gasteiger partial charge >= 0.3 is 17.9 Å². The minimum atomic E-state index is -1.40. The standard InChI is InChI=1S/C10H9NO7/c12-8(13)1-2-18-5-3-6(9(14)15)11-7(4-5)10(16)17/h3-4H,1-2H2,(H,12,13)(H,14,15)(H,16,17). The number of carboxylic acids is 3. The highest BCUT2D eigenvalue weighted by atomic mass is 16.5. The molecule has 0 fully saturated rings. The van der Waals surface area contributed by atoms with Crippen LogP contribution in [0.3, 0.4) is 0 Å². The number of aromatic nitrogens is 1. The van der Waals surface area contributed by atoms with Crippen molar-refractivity contribution in [2.75, 3.05) is 6.61 Å². The summed E-state index contributed by atoms with van der Waals surface area (Å²) in [6.07, 6.45) is -0.285. The van der Waals surface area contributed by atoms with E-state index < -0.39 is 29.3 Å². The molecule has 0 aliphatic heterocycles. The van der Waals surface area contributed by atoms with E-state index >= 15 is 0 Å². The van der Waals surface area contributed by atoms with E-state index in [1.54, 1.807) is 0 Å². The maximum atomic E-state index is 10.7. The van der Waals surface area contributed by atoms with Crippen molar-refractivity contribution in [3.05, 3.63) is 23.5 Å². The molecule has 1 aromatic heterocycles. The summed E-state index contributed by atoms with van der Waals surface area (Å²) in [6.45, 7) is -0.197. The Balaban J connectivity index is 2.93. The lowest BCUT2D eigenvalue weighted by Gasteiger charge is -2.06. The summed E-state index contributed by atoms with van der Waals surface area (Å²) in [5.41, 5.74) is -0.972. The fraction of sp³-hybridized carbons (Fsp3) is 0.200. The van der Waals surface area contributed by atoms with Crippen LogP contribution in [0.25, 0.3) is 0 Å². The van der Waals surface area contributed by atoms with Crippen LogP contribution in [0.5, 0.6) is 5.75 Å². The number of rotatable bonds is 6. The molecule has 0 spiro atoms. The Morgan fingerprint density at radius 3 is 1.94 bits per heavy atom. The molecule has 0 saturated heterocycles. The van der Waals surface area contributed by atoms with Crippen LogP contribution in [0.2, 0.25) is 0 Å². The van der Waals surface area contributed by atoms with E-state index in [1.165, 1.54) is 0 Å². The van der Waals surface area contributed by atoms with Crippen molar-refractivity contribution in [3.8, 4) is 5.75 Å². The molecule has 0 radical (unpaired) electrons. The number of pyridine rings is 1. The second-order valence-corrected chi connectivity index (χ2v) is 3.18. The molecule has 0 aliphatic carbocycles. The molecule has 1 aromatic rings. The fourth-order valence-electron chi connectivity index (χ4n) is 1.06. The van der Waals surface area contributed by atoms with Crippen molar-refractivity contribution in [1.82, 2.24) is 4.98 Å². The molecule has 8 nitrogen and oxygen atoms in total. The molecule has 0 aromatic carbocycles. The smallest absolute Gasteiger partial charge is 0.354 e. The number of hydrogen-bond acceptors (Lipinski definition) is 5. The molecule has 1 heterocycles. The predicted octanol–water partition coefficient (Wildman–Crippen LogP) is 0.331. The molecule has 0 bridgehead atoms. The van der Waals surface area contributed by atoms with Gasteiger partial charge in [0.2, 0.25) is 0 Å². The number of hydrogen-bond donors (Lipinski definition) is 3. The molecule has 0 unspecified atom stereocenters. The van der Waals surface area contributed by atoms with Crippen molar-refractivity contribution >= 4 is 17.9 Å². The topological polar surface area (TPSA) is 134 Å². The Kier molecular flexibility index (Phi) is 4.19. The van der Waals surface area contributed by atoms with Gasteiger partial charge in [-0.1, -0.05) is 0 Å². The van der Waals surface area contributed by atoms with Crippen LogP contribution in [0.15, 0.2) is 12.1 Å². The van der Waals surface area contributed by atoms with Gasteiger partial charge in [-0.25, -0.2) is 14.6 Å². The van der Waals surface area contributed by atoms with Gasteiger partial charge in [-0.3, -0.25) is 4.79 Å². The average Bonchev–Trinajstić information content (AvgIpc) is 2.28. The molecule has 0 saturated carbocycles. The van der Waals surface area contributed by atoms with Gasteiger partial charge in [0.05, 0.1) is 13.0 Å². The van der Waals surface area contributed by atoms with Crippen molar-refractivity contribution < 1.29 is 34.4 Å². The lowest BCUT2D eigenvalue weighted by Crippen LogP contribution is -2.10. The van der Waals surface area contributed by atoms with E-state index in [0.29, 0.717) is 0 Å². The average molecular weight is 255 g/mol. The lowest BCUT2D eigenvalue weighted by atomic mass is 10.2. The Hall–Kier alpha value is -2.64. The Bertz CT molecular complexity index is 465. The minimum Gasteiger partial charge on any atom is -0.493 e. The second kappa shape index (κ2) is 5.62. The van der Waals surface area contributed by atoms with Crippen LogP contribution in [0.4, 0.5) is 0 Å². The highest BCUT2D eigenvalue weighted by molar-refractivity contribution is 5.90. The fourth-order valence-corrected chi connectivity index (χ4v) is 1.06. The van der Waals surface area contributed by atoms with Crippen molar-refractivity contribution in [3.63, 3.8) is 0 Å². The molecule has 96 valence electrons. The predicted molar refractivity (Wildman–Crippen MR) is 55.9 cm³/mol. The minimum absolute atomic E-state index is 0.0546. The van der Waals surface area contributed by atoms with E-state index in [9.17, 15) is 14.4 Å². The van der Waals surface area contributed by atoms with Crippen LogP contribution < -0.4 is 4.74 Å². The van der Waals surface area contributed by atoms with Gasteiger partial charge in [-0.2, -0.15) is 0 Å². The third kappa shape index (κ3) is 3.74. The molecule has 0 aliphatic rings. The summed E-state index contributed by atoms with van der Waals surface area (Å²) < 4.78 is 4.95. The lowest BCUT2D eigenvalue weighted by molar-refractivity contribution is -0.137. The van der Waals surface area contributed by atoms with Gasteiger partial charge in [-0.15, -0.1) is 0 Å². The van der Waals surface area contributed by atoms with Crippen LogP contribution in [0, 0.1) is 0 Å². The van der Waals surface area contributed by atoms with Crippen LogP contribution >= 0.6 is 0 Å². The number of carboxylic acid groups (broad SMARTS) is 3. The first kappa shape index (κ1) is 13.4. The van der Waals surface area contributed by atoms with E-state index in [1.807, 2.05) is 0 Å². The van der Waals surface area contributed by atoms with Gasteiger partial charge in [-0.05, 0) is 0 Å². The highest BCUT2D eigenvalue weighted by Gasteiger charge is 2.14. The van der Waals surface area contributed by atoms with E-state index in [2.05, 4.69) is 4.98 Å². The van der Waals surface area contributed by atoms with Gasteiger partial charge in [0.15, 0.2) is 11.4 Å². The summed E-state index contributed by atoms with van der Waals surface area (Å²) in [5.74, 6) is -3.94. The first-order valence-electron chi connectivity index (χ1n) is 4.73. The zero-order valence-electron chi connectivity index (χ0n) is 8.99. The zero-order chi connectivity index (χ0) is 13.7. The normalized spacial score (nSPS) is 9.78. The monoisotopic (exact) mass is 255 g/mol. The van der Waals surface area contributed by atoms with Crippen molar-refractivity contribution in [2.45, 2.75) is 6.42 Å². The summed E-state index contributed by atoms with van der Waals surface area (Å²) in [4.78, 5) is 35.0. The number of carbonyl (C=O) groups is 3. The maximum absolute atomic E-state index is 10.7. The Morgan fingerprint density at radius 1 is 1.06 bits per heavy atom. The number of ether oxygens (including phenoxy) is 1. The molecule has 0 atom stereocenters. The van der Waals surface area contributed by atoms with Gasteiger partial charge in [0, 0.05) is 12.1 Å². The molecular formula is C10H9NO7. The number of aromatic carboxylic acids is 2. The molecule has 3 N–H and O–H groups in total. The Morgan fingerprint density at radius 2 is 1.56 bits per heavy atom. The summed E-state index contributed by atoms with van der Waals surface area (Å²) in [7, 11) is 0. The van der Waals surface area contributed by atoms with E-state index in [-0.39, 0.29) is 18.8 Å². The molecule has 1 rings (SSSR count). The molecule has 18 heavy (non-hydrogen) atoms. The van der Waals surface area contributed by atoms with Crippen LogP contribution in [-0.4, -0.2) is 44.8 Å². The summed E-state index contributed by atoms with van der Waals surface area (Å²) >= 11 is 0. The summed E-state index contributed by atoms with van der Waals surface area (Å²) in [5, 5.41) is 25.8. The maximum Gasteiger partial charge on any atom is 0.354 e. The number of aliphatic carboxylic acids is 1. The first-order chi connectivity index (χ1) is 8.40. The summed E-state index contributed by atoms with van der Waals surface area (Å²) in [6, 6.07) is 2.05. The van der Waals surface area contributed by atoms with E-state index in [4.69, 9.17) is 20.1 Å².